The summed E-state index contributed by atoms with van der Waals surface area (Å²) >= 11 is 0. The molecule has 4 atom stereocenters. The Kier molecular flexibility index (Phi) is 17.8. The van der Waals surface area contributed by atoms with Gasteiger partial charge in [-0.1, -0.05) is 12.1 Å². The molecular formula is C53H68N2O14+2. The molecule has 4 N–H and O–H groups in total. The highest BCUT2D eigenvalue weighted by Crippen LogP contribution is 2.47. The predicted octanol–water partition coefficient (Wildman–Crippen LogP) is 4.66. The third-order valence-electron chi connectivity index (χ3n) is 14.0. The van der Waals surface area contributed by atoms with Crippen LogP contribution in [0.25, 0.3) is 0 Å². The van der Waals surface area contributed by atoms with E-state index in [4.69, 9.17) is 37.9 Å². The average molecular weight is 957 g/mol. The summed E-state index contributed by atoms with van der Waals surface area (Å²) < 4.78 is 46.3. The number of methoxy groups -OCH3 is 6. The Morgan fingerprint density at radius 1 is 0.594 bits per heavy atom. The highest BCUT2D eigenvalue weighted by atomic mass is 16.5. The molecule has 0 bridgehead atoms. The molecule has 2 aliphatic heterocycles. The first-order valence-corrected chi connectivity index (χ1v) is 23.1. The number of carbonyl (C=O) groups is 2. The zero-order chi connectivity index (χ0) is 49.9. The molecule has 372 valence electrons. The molecule has 0 saturated heterocycles. The van der Waals surface area contributed by atoms with Crippen molar-refractivity contribution in [2.24, 2.45) is 0 Å². The molecule has 2 heterocycles. The first kappa shape index (κ1) is 52.3. The molecule has 6 rings (SSSR count). The fraction of sp³-hybridized carbons (Fsp3) is 0.472. The van der Waals surface area contributed by atoms with E-state index in [2.05, 4.69) is 25.9 Å². The standard InChI is InChI=1S/C53H68N2O14/c1-54(19-16-36-26-39(31-57)42(33-59)53(67-8)51(36)43(54)24-34-23-38(30-56)41(32-58)45(25-34)63-4)17-9-21-68-49(60)13-14-50(61)69-22-10-18-55(2)20-15-35-27-47(65-6)48(66-7)29-40(35)52(55)37-11-12-44(62-3)46(28-37)64-5/h11-12,23,25-29,43,52,56-59H,9-10,15-22,24,30-33H2,1-8H3/q+2. The monoisotopic (exact) mass is 956 g/mol. The SMILES string of the molecule is COc1ccc(C2c3cc(OC)c(OC)cc3CC[N+]2(C)CCCOC(=O)C#CC(=O)OCCC[N+]2(C)CCc3cc(CO)c(CO)c(OC)c3C2Cc2cc(CO)c(CO)c(OC)c2)cc1OC. The summed E-state index contributed by atoms with van der Waals surface area (Å²) in [5.41, 5.74) is 8.22. The van der Waals surface area contributed by atoms with Gasteiger partial charge in [0.15, 0.2) is 23.0 Å². The van der Waals surface area contributed by atoms with Crippen LogP contribution in [0, 0.1) is 11.8 Å². The lowest BCUT2D eigenvalue weighted by Crippen LogP contribution is -2.53. The van der Waals surface area contributed by atoms with E-state index in [1.807, 2.05) is 48.5 Å². The number of esters is 2. The van der Waals surface area contributed by atoms with Crippen LogP contribution in [-0.2, 0) is 64.8 Å². The van der Waals surface area contributed by atoms with E-state index in [1.165, 1.54) is 7.11 Å². The maximum absolute atomic E-state index is 12.8. The lowest BCUT2D eigenvalue weighted by molar-refractivity contribution is -0.941. The van der Waals surface area contributed by atoms with E-state index in [0.717, 1.165) is 46.3 Å². The molecule has 2 aliphatic rings. The van der Waals surface area contributed by atoms with Gasteiger partial charge in [0.05, 0.1) is 128 Å². The van der Waals surface area contributed by atoms with Crippen molar-refractivity contribution in [1.82, 2.24) is 0 Å². The van der Waals surface area contributed by atoms with Gasteiger partial charge in [-0.3, -0.25) is 0 Å². The molecule has 0 aromatic heterocycles. The minimum absolute atomic E-state index is 0.0473. The van der Waals surface area contributed by atoms with Gasteiger partial charge < -0.3 is 67.3 Å². The van der Waals surface area contributed by atoms with Gasteiger partial charge in [0.25, 0.3) is 0 Å². The van der Waals surface area contributed by atoms with Crippen molar-refractivity contribution in [2.45, 2.75) is 70.6 Å². The highest BCUT2D eigenvalue weighted by molar-refractivity contribution is 5.98. The molecule has 0 aliphatic carbocycles. The van der Waals surface area contributed by atoms with Crippen molar-refractivity contribution in [1.29, 1.82) is 0 Å². The van der Waals surface area contributed by atoms with Crippen molar-refractivity contribution >= 4 is 11.9 Å². The van der Waals surface area contributed by atoms with Crippen LogP contribution < -0.4 is 28.4 Å². The Balaban J connectivity index is 1.10. The Hall–Kier alpha value is -6.06. The Morgan fingerprint density at radius 2 is 1.14 bits per heavy atom. The van der Waals surface area contributed by atoms with Crippen LogP contribution in [0.3, 0.4) is 0 Å². The average Bonchev–Trinajstić information content (AvgIpc) is 3.37. The van der Waals surface area contributed by atoms with E-state index in [9.17, 15) is 30.0 Å². The van der Waals surface area contributed by atoms with Crippen LogP contribution in [0.4, 0.5) is 0 Å². The largest absolute Gasteiger partial charge is 0.496 e. The number of aliphatic hydroxyl groups excluding tert-OH is 4. The highest BCUT2D eigenvalue weighted by Gasteiger charge is 2.43. The van der Waals surface area contributed by atoms with Crippen LogP contribution >= 0.6 is 0 Å². The first-order valence-electron chi connectivity index (χ1n) is 23.1. The molecule has 69 heavy (non-hydrogen) atoms. The molecule has 4 unspecified atom stereocenters. The number of carbonyl (C=O) groups excluding carboxylic acids is 2. The number of quaternary nitrogens is 2. The lowest BCUT2D eigenvalue weighted by atomic mass is 9.82. The van der Waals surface area contributed by atoms with E-state index in [0.29, 0.717) is 111 Å². The number of ether oxygens (including phenoxy) is 8. The fourth-order valence-electron chi connectivity index (χ4n) is 10.4. The van der Waals surface area contributed by atoms with E-state index in [1.54, 1.807) is 35.5 Å². The van der Waals surface area contributed by atoms with E-state index < -0.39 is 11.9 Å². The molecule has 0 saturated carbocycles. The second-order valence-electron chi connectivity index (χ2n) is 17.9. The first-order chi connectivity index (χ1) is 33.3. The Morgan fingerprint density at radius 3 is 1.72 bits per heavy atom. The number of hydrogen-bond acceptors (Lipinski definition) is 14. The van der Waals surface area contributed by atoms with Crippen molar-refractivity contribution in [3.8, 4) is 46.3 Å². The quantitative estimate of drug-likeness (QED) is 0.0297. The topological polar surface area (TPSA) is 189 Å². The number of hydrogen-bond donors (Lipinski definition) is 4. The summed E-state index contributed by atoms with van der Waals surface area (Å²) in [5.74, 6) is 6.42. The van der Waals surface area contributed by atoms with Crippen LogP contribution in [0.1, 0.15) is 80.6 Å². The molecule has 0 amide bonds. The summed E-state index contributed by atoms with van der Waals surface area (Å²) in [6.45, 7) is 1.71. The maximum Gasteiger partial charge on any atom is 0.384 e. The number of rotatable bonds is 21. The number of benzene rings is 4. The number of nitrogens with zero attached hydrogens (tertiary/aromatic N) is 2. The minimum atomic E-state index is -0.844. The normalized spacial score (nSPS) is 19.2. The molecule has 16 heteroatoms. The molecular weight excluding hydrogens is 889 g/mol. The Bertz CT molecular complexity index is 2510. The van der Waals surface area contributed by atoms with Gasteiger partial charge in [0.2, 0.25) is 0 Å². The number of aliphatic hydroxyl groups is 4. The van der Waals surface area contributed by atoms with Gasteiger partial charge >= 0.3 is 11.9 Å². The number of fused-ring (bicyclic) bond motifs is 2. The van der Waals surface area contributed by atoms with Gasteiger partial charge in [0, 0.05) is 66.2 Å². The van der Waals surface area contributed by atoms with E-state index >= 15 is 0 Å². The second-order valence-corrected chi connectivity index (χ2v) is 17.9. The van der Waals surface area contributed by atoms with Crippen molar-refractivity contribution in [3.63, 3.8) is 0 Å². The van der Waals surface area contributed by atoms with Crippen LogP contribution in [0.5, 0.6) is 34.5 Å². The van der Waals surface area contributed by atoms with Crippen molar-refractivity contribution in [2.75, 3.05) is 96.1 Å². The van der Waals surface area contributed by atoms with Crippen LogP contribution in [0.2, 0.25) is 0 Å². The van der Waals surface area contributed by atoms with Gasteiger partial charge in [-0.2, -0.15) is 0 Å². The lowest BCUT2D eigenvalue weighted by Gasteiger charge is -2.46. The fourth-order valence-corrected chi connectivity index (χ4v) is 10.4. The van der Waals surface area contributed by atoms with Crippen molar-refractivity contribution in [3.05, 3.63) is 104 Å². The minimum Gasteiger partial charge on any atom is -0.496 e. The zero-order valence-corrected chi connectivity index (χ0v) is 41.1. The zero-order valence-electron chi connectivity index (χ0n) is 41.1. The summed E-state index contributed by atoms with van der Waals surface area (Å²) in [4.78, 5) is 25.6. The molecule has 0 spiro atoms. The third-order valence-corrected chi connectivity index (χ3v) is 14.0. The van der Waals surface area contributed by atoms with Crippen molar-refractivity contribution < 1.29 is 76.9 Å². The van der Waals surface area contributed by atoms with Gasteiger partial charge in [-0.25, -0.2) is 9.59 Å². The molecule has 16 nitrogen and oxygen atoms in total. The van der Waals surface area contributed by atoms with Crippen LogP contribution in [0.15, 0.2) is 48.5 Å². The summed E-state index contributed by atoms with van der Waals surface area (Å²) in [7, 11) is 13.8. The number of likely N-dealkylation sites (N-methyl/N-ethyl adjacent to an activating group) is 2. The molecule has 4 aromatic rings. The molecule has 0 radical (unpaired) electrons. The van der Waals surface area contributed by atoms with Gasteiger partial charge in [-0.05, 0) is 64.2 Å². The predicted molar refractivity (Wildman–Crippen MR) is 255 cm³/mol. The second kappa shape index (κ2) is 23.5. The van der Waals surface area contributed by atoms with Crippen LogP contribution in [-0.4, -0.2) is 137 Å². The van der Waals surface area contributed by atoms with Gasteiger partial charge in [-0.15, -0.1) is 0 Å². The molecule has 0 fully saturated rings. The summed E-state index contributed by atoms with van der Waals surface area (Å²) in [5, 5.41) is 40.9. The smallest absolute Gasteiger partial charge is 0.384 e. The van der Waals surface area contributed by atoms with E-state index in [-0.39, 0.29) is 51.7 Å². The van der Waals surface area contributed by atoms with Gasteiger partial charge in [0.1, 0.15) is 23.6 Å². The molecule has 4 aromatic carbocycles. The Labute approximate surface area is 405 Å². The summed E-state index contributed by atoms with van der Waals surface area (Å²) in [6.07, 6.45) is 2.93. The maximum atomic E-state index is 12.8. The summed E-state index contributed by atoms with van der Waals surface area (Å²) in [6, 6.07) is 15.3. The third kappa shape index (κ3) is 11.4.